The van der Waals surface area contributed by atoms with Gasteiger partial charge in [0.05, 0.1) is 11.3 Å². The van der Waals surface area contributed by atoms with Gasteiger partial charge in [-0.1, -0.05) is 17.3 Å². The van der Waals surface area contributed by atoms with E-state index < -0.39 is 11.7 Å². The van der Waals surface area contributed by atoms with Gasteiger partial charge in [-0.15, -0.1) is 0 Å². The number of rotatable bonds is 4. The van der Waals surface area contributed by atoms with Gasteiger partial charge in [0.25, 0.3) is 0 Å². The average molecular weight is 246 g/mol. The van der Waals surface area contributed by atoms with E-state index in [0.717, 1.165) is 12.1 Å². The first-order valence-electron chi connectivity index (χ1n) is 4.99. The maximum absolute atomic E-state index is 12.3. The van der Waals surface area contributed by atoms with E-state index in [1.54, 1.807) is 6.92 Å². The summed E-state index contributed by atoms with van der Waals surface area (Å²) in [4.78, 5) is 4.84. The lowest BCUT2D eigenvalue weighted by Crippen LogP contribution is -2.07. The highest BCUT2D eigenvalue weighted by molar-refractivity contribution is 5.98. The molecule has 1 aromatic rings. The Labute approximate surface area is 97.1 Å². The van der Waals surface area contributed by atoms with Crippen molar-refractivity contribution in [3.63, 3.8) is 0 Å². The molecule has 0 atom stereocenters. The van der Waals surface area contributed by atoms with Gasteiger partial charge in [0.2, 0.25) is 0 Å². The molecule has 0 saturated heterocycles. The zero-order valence-electron chi connectivity index (χ0n) is 9.29. The Morgan fingerprint density at radius 2 is 1.88 bits per heavy atom. The van der Waals surface area contributed by atoms with Gasteiger partial charge in [-0.2, -0.15) is 13.2 Å². The molecule has 0 radical (unpaired) electrons. The second-order valence-corrected chi connectivity index (χ2v) is 3.37. The van der Waals surface area contributed by atoms with Gasteiger partial charge in [-0.05, 0) is 24.6 Å². The minimum Gasteiger partial charge on any atom is -0.394 e. The molecule has 17 heavy (non-hydrogen) atoms. The number of halogens is 3. The summed E-state index contributed by atoms with van der Waals surface area (Å²) in [5, 5.41) is 3.73. The molecule has 0 heterocycles. The molecule has 1 aromatic carbocycles. The first-order valence-corrected chi connectivity index (χ1v) is 4.99. The highest BCUT2D eigenvalue weighted by Crippen LogP contribution is 2.29. The molecule has 0 fully saturated rings. The number of nitrogens with two attached hydrogens (primary N) is 1. The summed E-state index contributed by atoms with van der Waals surface area (Å²) < 4.78 is 36.9. The van der Waals surface area contributed by atoms with Gasteiger partial charge in [-0.3, -0.25) is 0 Å². The van der Waals surface area contributed by atoms with Gasteiger partial charge >= 0.3 is 6.18 Å². The van der Waals surface area contributed by atoms with E-state index in [4.69, 9.17) is 10.6 Å². The second-order valence-electron chi connectivity index (χ2n) is 3.37. The Balaban J connectivity index is 2.77. The maximum atomic E-state index is 12.3. The molecular formula is C11H13F3N2O. The first-order chi connectivity index (χ1) is 7.95. The highest BCUT2D eigenvalue weighted by Gasteiger charge is 2.29. The van der Waals surface area contributed by atoms with Gasteiger partial charge in [0, 0.05) is 6.54 Å². The minimum atomic E-state index is -4.32. The lowest BCUT2D eigenvalue weighted by molar-refractivity contribution is -0.137. The van der Waals surface area contributed by atoms with Crippen molar-refractivity contribution in [2.24, 2.45) is 10.9 Å². The van der Waals surface area contributed by atoms with Gasteiger partial charge < -0.3 is 10.6 Å². The summed E-state index contributed by atoms with van der Waals surface area (Å²) in [5.74, 6) is 0. The highest BCUT2D eigenvalue weighted by atomic mass is 19.4. The zero-order chi connectivity index (χ0) is 12.9. The van der Waals surface area contributed by atoms with Crippen LogP contribution < -0.4 is 5.73 Å². The van der Waals surface area contributed by atoms with Crippen molar-refractivity contribution in [3.05, 3.63) is 35.4 Å². The van der Waals surface area contributed by atoms with Crippen LogP contribution in [0, 0.1) is 0 Å². The third-order valence-corrected chi connectivity index (χ3v) is 2.04. The summed E-state index contributed by atoms with van der Waals surface area (Å²) in [6, 6.07) is 4.73. The van der Waals surface area contributed by atoms with Gasteiger partial charge in [0.1, 0.15) is 6.61 Å². The molecule has 0 aliphatic heterocycles. The Morgan fingerprint density at radius 3 is 2.35 bits per heavy atom. The summed E-state index contributed by atoms with van der Waals surface area (Å²) in [7, 11) is 0. The third-order valence-electron chi connectivity index (χ3n) is 2.04. The van der Waals surface area contributed by atoms with Crippen molar-refractivity contribution in [1.29, 1.82) is 0 Å². The van der Waals surface area contributed by atoms with Crippen molar-refractivity contribution in [3.8, 4) is 0 Å². The summed E-state index contributed by atoms with van der Waals surface area (Å²) in [6.07, 6.45) is -4.32. The van der Waals surface area contributed by atoms with E-state index >= 15 is 0 Å². The Kier molecular flexibility index (Phi) is 4.51. The van der Waals surface area contributed by atoms with Crippen molar-refractivity contribution in [2.75, 3.05) is 13.2 Å². The van der Waals surface area contributed by atoms with Crippen LogP contribution in [0.15, 0.2) is 29.4 Å². The molecule has 0 saturated carbocycles. The molecule has 1 rings (SSSR count). The Hall–Kier alpha value is -1.56. The van der Waals surface area contributed by atoms with Crippen molar-refractivity contribution >= 4 is 5.71 Å². The van der Waals surface area contributed by atoms with E-state index in [-0.39, 0.29) is 6.61 Å². The molecule has 0 unspecified atom stereocenters. The smallest absolute Gasteiger partial charge is 0.394 e. The Bertz CT molecular complexity index is 385. The summed E-state index contributed by atoms with van der Waals surface area (Å²) >= 11 is 0. The zero-order valence-corrected chi connectivity index (χ0v) is 9.29. The summed E-state index contributed by atoms with van der Waals surface area (Å²) in [5.41, 5.74) is 5.60. The van der Waals surface area contributed by atoms with Crippen LogP contribution in [0.2, 0.25) is 0 Å². The lowest BCUT2D eigenvalue weighted by atomic mass is 10.1. The van der Waals surface area contributed by atoms with Crippen LogP contribution >= 0.6 is 0 Å². The number of hydrogen-bond donors (Lipinski definition) is 1. The predicted octanol–water partition coefficient (Wildman–Crippen LogP) is 2.40. The van der Waals surface area contributed by atoms with Crippen molar-refractivity contribution in [2.45, 2.75) is 13.1 Å². The largest absolute Gasteiger partial charge is 0.416 e. The molecular weight excluding hydrogens is 233 g/mol. The van der Waals surface area contributed by atoms with Crippen LogP contribution in [-0.2, 0) is 11.0 Å². The molecule has 2 N–H and O–H groups in total. The maximum Gasteiger partial charge on any atom is 0.416 e. The minimum absolute atomic E-state index is 0.276. The van der Waals surface area contributed by atoms with E-state index in [1.165, 1.54) is 12.1 Å². The normalized spacial score (nSPS) is 12.6. The molecule has 94 valence electrons. The van der Waals surface area contributed by atoms with E-state index in [2.05, 4.69) is 5.16 Å². The van der Waals surface area contributed by atoms with E-state index in [0.29, 0.717) is 17.8 Å². The van der Waals surface area contributed by atoms with Crippen LogP contribution in [0.3, 0.4) is 0 Å². The van der Waals surface area contributed by atoms with Gasteiger partial charge in [0.15, 0.2) is 0 Å². The van der Waals surface area contributed by atoms with Gasteiger partial charge in [-0.25, -0.2) is 0 Å². The number of nitrogens with zero attached hydrogens (tertiary/aromatic N) is 1. The molecule has 0 aliphatic rings. The number of oxime groups is 1. The van der Waals surface area contributed by atoms with E-state index in [9.17, 15) is 13.2 Å². The van der Waals surface area contributed by atoms with Crippen molar-refractivity contribution in [1.82, 2.24) is 0 Å². The molecule has 6 heteroatoms. The monoisotopic (exact) mass is 246 g/mol. The van der Waals surface area contributed by atoms with Crippen LogP contribution in [0.25, 0.3) is 0 Å². The molecule has 0 amide bonds. The van der Waals surface area contributed by atoms with Crippen LogP contribution in [0.1, 0.15) is 18.1 Å². The van der Waals surface area contributed by atoms with E-state index in [1.807, 2.05) is 0 Å². The van der Waals surface area contributed by atoms with Crippen molar-refractivity contribution < 1.29 is 18.0 Å². The fourth-order valence-electron chi connectivity index (χ4n) is 1.15. The standard InChI is InChI=1S/C11H13F3N2O/c1-8(16-17-7-6-15)9-2-4-10(5-3-9)11(12,13)14/h2-5H,6-7,15H2,1H3/b16-8+. The molecule has 0 aromatic heterocycles. The molecule has 0 bridgehead atoms. The molecule has 0 aliphatic carbocycles. The number of hydrogen-bond acceptors (Lipinski definition) is 3. The van der Waals surface area contributed by atoms with Crippen LogP contribution in [0.4, 0.5) is 13.2 Å². The first kappa shape index (κ1) is 13.5. The van der Waals surface area contributed by atoms with Crippen LogP contribution in [0.5, 0.6) is 0 Å². The average Bonchev–Trinajstić information content (AvgIpc) is 2.28. The molecule has 0 spiro atoms. The quantitative estimate of drug-likeness (QED) is 0.504. The third kappa shape index (κ3) is 4.07. The van der Waals surface area contributed by atoms with Crippen LogP contribution in [-0.4, -0.2) is 18.9 Å². The SMILES string of the molecule is C/C(=N\OCCN)c1ccc(C(F)(F)F)cc1. The fraction of sp³-hybridized carbons (Fsp3) is 0.364. The topological polar surface area (TPSA) is 47.6 Å². The lowest BCUT2D eigenvalue weighted by Gasteiger charge is -2.07. The predicted molar refractivity (Wildman–Crippen MR) is 58.7 cm³/mol. The summed E-state index contributed by atoms with van der Waals surface area (Å²) in [6.45, 7) is 2.26. The second kappa shape index (κ2) is 5.67. The number of benzene rings is 1. The number of alkyl halides is 3. The fourth-order valence-corrected chi connectivity index (χ4v) is 1.15. The molecule has 3 nitrogen and oxygen atoms in total. The Morgan fingerprint density at radius 1 is 1.29 bits per heavy atom.